The van der Waals surface area contributed by atoms with Gasteiger partial charge in [-0.2, -0.15) is 0 Å². The van der Waals surface area contributed by atoms with Crippen LogP contribution in [0.1, 0.15) is 49.7 Å². The van der Waals surface area contributed by atoms with Gasteiger partial charge in [-0.05, 0) is 54.7 Å². The van der Waals surface area contributed by atoms with Crippen LogP contribution in [0.3, 0.4) is 0 Å². The van der Waals surface area contributed by atoms with Crippen molar-refractivity contribution in [3.63, 3.8) is 0 Å². The van der Waals surface area contributed by atoms with Crippen LogP contribution >= 0.6 is 0 Å². The summed E-state index contributed by atoms with van der Waals surface area (Å²) in [4.78, 5) is 28.1. The predicted molar refractivity (Wildman–Crippen MR) is 153 cm³/mol. The SMILES string of the molecule is O=C(NCc1ccccc1)C1CN(C(=O)CCc2ccc(S(=O)(=O)NC3CCCCC3)cc2)c2ccccc2O1. The normalized spacial score (nSPS) is 17.5. The molecule has 0 aromatic heterocycles. The van der Waals surface area contributed by atoms with E-state index in [1.54, 1.807) is 35.2 Å². The molecular formula is C31H35N3O5S. The molecule has 5 rings (SSSR count). The van der Waals surface area contributed by atoms with Gasteiger partial charge in [0.25, 0.3) is 5.91 Å². The van der Waals surface area contributed by atoms with Crippen molar-refractivity contribution in [2.75, 3.05) is 11.4 Å². The van der Waals surface area contributed by atoms with Gasteiger partial charge in [0.1, 0.15) is 5.75 Å². The zero-order chi connectivity index (χ0) is 28.0. The lowest BCUT2D eigenvalue weighted by molar-refractivity contribution is -0.128. The molecule has 1 heterocycles. The summed E-state index contributed by atoms with van der Waals surface area (Å²) in [6.45, 7) is 0.484. The predicted octanol–water partition coefficient (Wildman–Crippen LogP) is 4.34. The van der Waals surface area contributed by atoms with Crippen molar-refractivity contribution < 1.29 is 22.7 Å². The summed E-state index contributed by atoms with van der Waals surface area (Å²) in [6.07, 6.45) is 4.82. The summed E-state index contributed by atoms with van der Waals surface area (Å²) in [5.74, 6) is 0.0732. The first-order valence-corrected chi connectivity index (χ1v) is 15.4. The summed E-state index contributed by atoms with van der Waals surface area (Å²) >= 11 is 0. The van der Waals surface area contributed by atoms with Gasteiger partial charge in [-0.3, -0.25) is 9.59 Å². The Labute approximate surface area is 235 Å². The number of nitrogens with one attached hydrogen (secondary N) is 2. The third-order valence-corrected chi connectivity index (χ3v) is 9.00. The molecule has 1 saturated carbocycles. The number of hydrogen-bond donors (Lipinski definition) is 2. The van der Waals surface area contributed by atoms with Crippen LogP contribution in [0.25, 0.3) is 0 Å². The van der Waals surface area contributed by atoms with Crippen LogP contribution in [0.15, 0.2) is 83.8 Å². The molecule has 2 N–H and O–H groups in total. The molecule has 3 aromatic carbocycles. The number of sulfonamides is 1. The Hall–Kier alpha value is -3.69. The van der Waals surface area contributed by atoms with Gasteiger partial charge in [-0.1, -0.05) is 73.9 Å². The Kier molecular flexibility index (Phi) is 8.81. The lowest BCUT2D eigenvalue weighted by Gasteiger charge is -2.34. The van der Waals surface area contributed by atoms with E-state index in [1.807, 2.05) is 48.5 Å². The number of benzene rings is 3. The molecule has 40 heavy (non-hydrogen) atoms. The number of rotatable bonds is 9. The highest BCUT2D eigenvalue weighted by Gasteiger charge is 2.33. The number of ether oxygens (including phenoxy) is 1. The smallest absolute Gasteiger partial charge is 0.263 e. The van der Waals surface area contributed by atoms with Crippen LogP contribution in [0.5, 0.6) is 5.75 Å². The Morgan fingerprint density at radius 2 is 1.55 bits per heavy atom. The zero-order valence-corrected chi connectivity index (χ0v) is 23.2. The van der Waals surface area contributed by atoms with Crippen molar-refractivity contribution in [1.29, 1.82) is 0 Å². The van der Waals surface area contributed by atoms with Crippen LogP contribution in [-0.4, -0.2) is 38.9 Å². The van der Waals surface area contributed by atoms with E-state index in [0.717, 1.165) is 43.2 Å². The number of para-hydroxylation sites is 2. The van der Waals surface area contributed by atoms with E-state index in [-0.39, 0.29) is 35.7 Å². The molecule has 3 aromatic rings. The van der Waals surface area contributed by atoms with Crippen LogP contribution in [0, 0.1) is 0 Å². The van der Waals surface area contributed by atoms with Gasteiger partial charge in [0.05, 0.1) is 17.1 Å². The molecule has 2 aliphatic rings. The number of carbonyl (C=O) groups is 2. The van der Waals surface area contributed by atoms with E-state index >= 15 is 0 Å². The summed E-state index contributed by atoms with van der Waals surface area (Å²) in [7, 11) is -3.57. The minimum absolute atomic E-state index is 0.00306. The second-order valence-electron chi connectivity index (χ2n) is 10.4. The molecule has 0 bridgehead atoms. The largest absolute Gasteiger partial charge is 0.477 e. The van der Waals surface area contributed by atoms with E-state index in [9.17, 15) is 18.0 Å². The number of nitrogens with zero attached hydrogens (tertiary/aromatic N) is 1. The van der Waals surface area contributed by atoms with Crippen molar-refractivity contribution in [3.05, 3.63) is 90.0 Å². The van der Waals surface area contributed by atoms with Gasteiger partial charge < -0.3 is 15.0 Å². The third kappa shape index (κ3) is 6.89. The molecule has 0 saturated heterocycles. The van der Waals surface area contributed by atoms with Gasteiger partial charge in [0, 0.05) is 19.0 Å². The van der Waals surface area contributed by atoms with Crippen molar-refractivity contribution in [3.8, 4) is 5.75 Å². The molecule has 9 heteroatoms. The van der Waals surface area contributed by atoms with E-state index in [4.69, 9.17) is 4.74 Å². The summed E-state index contributed by atoms with van der Waals surface area (Å²) in [6, 6.07) is 23.5. The first-order valence-electron chi connectivity index (χ1n) is 13.9. The Morgan fingerprint density at radius 1 is 0.850 bits per heavy atom. The third-order valence-electron chi connectivity index (χ3n) is 7.46. The lowest BCUT2D eigenvalue weighted by atomic mass is 9.96. The van der Waals surface area contributed by atoms with Crippen molar-refractivity contribution in [2.45, 2.75) is 68.5 Å². The van der Waals surface area contributed by atoms with Crippen LogP contribution in [0.2, 0.25) is 0 Å². The number of hydrogen-bond acceptors (Lipinski definition) is 5. The van der Waals surface area contributed by atoms with Gasteiger partial charge in [-0.15, -0.1) is 0 Å². The molecule has 8 nitrogen and oxygen atoms in total. The van der Waals surface area contributed by atoms with E-state index in [0.29, 0.717) is 24.4 Å². The number of aryl methyl sites for hydroxylation is 1. The van der Waals surface area contributed by atoms with Crippen molar-refractivity contribution in [2.24, 2.45) is 0 Å². The average molecular weight is 562 g/mol. The van der Waals surface area contributed by atoms with E-state index in [1.165, 1.54) is 0 Å². The molecule has 1 atom stereocenters. The molecule has 2 amide bonds. The molecule has 0 radical (unpaired) electrons. The molecule has 210 valence electrons. The Bertz CT molecular complexity index is 1420. The summed E-state index contributed by atoms with van der Waals surface area (Å²) in [5.41, 5.74) is 2.47. The minimum Gasteiger partial charge on any atom is -0.477 e. The quantitative estimate of drug-likeness (QED) is 0.405. The fourth-order valence-corrected chi connectivity index (χ4v) is 6.54. The van der Waals surface area contributed by atoms with Crippen LogP contribution in [0.4, 0.5) is 5.69 Å². The Balaban J connectivity index is 1.20. The fourth-order valence-electron chi connectivity index (χ4n) is 5.24. The second-order valence-corrected chi connectivity index (χ2v) is 12.1. The highest BCUT2D eigenvalue weighted by Crippen LogP contribution is 2.33. The van der Waals surface area contributed by atoms with Gasteiger partial charge in [-0.25, -0.2) is 13.1 Å². The molecule has 0 spiro atoms. The van der Waals surface area contributed by atoms with Gasteiger partial charge in [0.15, 0.2) is 6.10 Å². The minimum atomic E-state index is -3.57. The molecular weight excluding hydrogens is 526 g/mol. The van der Waals surface area contributed by atoms with Crippen molar-refractivity contribution >= 4 is 27.5 Å². The molecule has 1 aliphatic heterocycles. The van der Waals surface area contributed by atoms with Gasteiger partial charge >= 0.3 is 0 Å². The number of anilines is 1. The second kappa shape index (κ2) is 12.7. The summed E-state index contributed by atoms with van der Waals surface area (Å²) < 4.78 is 34.4. The topological polar surface area (TPSA) is 105 Å². The number of amides is 2. The number of fused-ring (bicyclic) bond motifs is 1. The van der Waals surface area contributed by atoms with Crippen LogP contribution < -0.4 is 19.7 Å². The number of carbonyl (C=O) groups excluding carboxylic acids is 2. The highest BCUT2D eigenvalue weighted by atomic mass is 32.2. The average Bonchev–Trinajstić information content (AvgIpc) is 2.99. The highest BCUT2D eigenvalue weighted by molar-refractivity contribution is 7.89. The van der Waals surface area contributed by atoms with Crippen molar-refractivity contribution in [1.82, 2.24) is 10.0 Å². The fraction of sp³-hybridized carbons (Fsp3) is 0.355. The maximum atomic E-state index is 13.4. The first-order chi connectivity index (χ1) is 19.4. The Morgan fingerprint density at radius 3 is 2.30 bits per heavy atom. The molecule has 1 fully saturated rings. The zero-order valence-electron chi connectivity index (χ0n) is 22.4. The maximum Gasteiger partial charge on any atom is 0.263 e. The monoisotopic (exact) mass is 561 g/mol. The van der Waals surface area contributed by atoms with E-state index < -0.39 is 16.1 Å². The standard InChI is InChI=1S/C31H35N3O5S/c35-30(20-17-23-15-18-26(19-16-23)40(37,38)33-25-11-5-2-6-12-25)34-22-29(39-28-14-8-7-13-27(28)34)31(36)32-21-24-9-3-1-4-10-24/h1,3-4,7-10,13-16,18-19,25,29,33H,2,5-6,11-12,17,20-22H2,(H,32,36). The first kappa shape index (κ1) is 27.9. The molecule has 1 aliphatic carbocycles. The van der Waals surface area contributed by atoms with E-state index in [2.05, 4.69) is 10.0 Å². The lowest BCUT2D eigenvalue weighted by Crippen LogP contribution is -2.50. The maximum absolute atomic E-state index is 13.4. The molecule has 1 unspecified atom stereocenters. The summed E-state index contributed by atoms with van der Waals surface area (Å²) in [5, 5.41) is 2.90. The van der Waals surface area contributed by atoms with Crippen LogP contribution in [-0.2, 0) is 32.6 Å². The van der Waals surface area contributed by atoms with Gasteiger partial charge in [0.2, 0.25) is 15.9 Å².